The molecular formula is C21H27NO3S. The van der Waals surface area contributed by atoms with E-state index in [2.05, 4.69) is 37.4 Å². The molecule has 0 saturated heterocycles. The summed E-state index contributed by atoms with van der Waals surface area (Å²) < 4.78 is 23.1. The molecule has 2 rings (SSSR count). The maximum Gasteiger partial charge on any atom is 0.220 e. The third-order valence-electron chi connectivity index (χ3n) is 4.67. The molecule has 1 amide bonds. The van der Waals surface area contributed by atoms with E-state index in [1.165, 1.54) is 17.4 Å². The Hall–Kier alpha value is -2.14. The molecule has 26 heavy (non-hydrogen) atoms. The Balaban J connectivity index is 1.98. The van der Waals surface area contributed by atoms with E-state index in [4.69, 9.17) is 0 Å². The predicted molar refractivity (Wildman–Crippen MR) is 105 cm³/mol. The molecule has 4 nitrogen and oxygen atoms in total. The first-order chi connectivity index (χ1) is 12.2. The van der Waals surface area contributed by atoms with Gasteiger partial charge < -0.3 is 5.32 Å². The Kier molecular flexibility index (Phi) is 6.59. The van der Waals surface area contributed by atoms with Gasteiger partial charge in [-0.15, -0.1) is 0 Å². The molecule has 2 aromatic rings. The summed E-state index contributed by atoms with van der Waals surface area (Å²) in [7, 11) is -3.21. The quantitative estimate of drug-likeness (QED) is 0.800. The summed E-state index contributed by atoms with van der Waals surface area (Å²) in [5.41, 5.74) is 4.57. The van der Waals surface area contributed by atoms with Crippen molar-refractivity contribution >= 4 is 15.7 Å². The van der Waals surface area contributed by atoms with Crippen molar-refractivity contribution in [3.63, 3.8) is 0 Å². The van der Waals surface area contributed by atoms with Gasteiger partial charge in [-0.1, -0.05) is 37.3 Å². The molecule has 2 aromatic carbocycles. The SMILES string of the molecule is CC[C@@H](NC(=O)CCc1ccc(C)c(C)c1)c1ccc(S(C)(=O)=O)cc1. The van der Waals surface area contributed by atoms with Gasteiger partial charge in [0.2, 0.25) is 5.91 Å². The van der Waals surface area contributed by atoms with E-state index >= 15 is 0 Å². The van der Waals surface area contributed by atoms with Crippen molar-refractivity contribution in [1.29, 1.82) is 0 Å². The Morgan fingerprint density at radius 2 is 1.69 bits per heavy atom. The molecule has 5 heteroatoms. The van der Waals surface area contributed by atoms with Crippen LogP contribution in [0.5, 0.6) is 0 Å². The summed E-state index contributed by atoms with van der Waals surface area (Å²) in [4.78, 5) is 12.6. The second-order valence-electron chi connectivity index (χ2n) is 6.79. The van der Waals surface area contributed by atoms with E-state index in [-0.39, 0.29) is 16.8 Å². The Morgan fingerprint density at radius 3 is 2.23 bits per heavy atom. The second-order valence-corrected chi connectivity index (χ2v) is 8.80. The first kappa shape index (κ1) is 20.2. The van der Waals surface area contributed by atoms with Gasteiger partial charge in [0.25, 0.3) is 0 Å². The van der Waals surface area contributed by atoms with Crippen LogP contribution in [0.2, 0.25) is 0 Å². The van der Waals surface area contributed by atoms with Crippen LogP contribution in [0.15, 0.2) is 47.4 Å². The number of carbonyl (C=O) groups excluding carboxylic acids is 1. The number of aryl methyl sites for hydroxylation is 3. The summed E-state index contributed by atoms with van der Waals surface area (Å²) >= 11 is 0. The standard InChI is InChI=1S/C21H27NO3S/c1-5-20(18-9-11-19(12-10-18)26(4,24)25)22-21(23)13-8-17-7-6-15(2)16(3)14-17/h6-7,9-12,14,20H,5,8,13H2,1-4H3,(H,22,23)/t20-/m1/s1. The zero-order chi connectivity index (χ0) is 19.3. The molecule has 0 saturated carbocycles. The van der Waals surface area contributed by atoms with Crippen LogP contribution in [0.3, 0.4) is 0 Å². The van der Waals surface area contributed by atoms with Crippen molar-refractivity contribution < 1.29 is 13.2 Å². The number of hydrogen-bond acceptors (Lipinski definition) is 3. The Morgan fingerprint density at radius 1 is 1.04 bits per heavy atom. The summed E-state index contributed by atoms with van der Waals surface area (Å²) in [6, 6.07) is 12.9. The first-order valence-electron chi connectivity index (χ1n) is 8.86. The van der Waals surface area contributed by atoms with Gasteiger partial charge in [-0.05, 0) is 61.1 Å². The van der Waals surface area contributed by atoms with E-state index in [1.54, 1.807) is 24.3 Å². The fraction of sp³-hybridized carbons (Fsp3) is 0.381. The molecule has 0 unspecified atom stereocenters. The minimum absolute atomic E-state index is 0.00210. The lowest BCUT2D eigenvalue weighted by atomic mass is 10.0. The van der Waals surface area contributed by atoms with Crippen molar-refractivity contribution in [3.8, 4) is 0 Å². The smallest absolute Gasteiger partial charge is 0.220 e. The van der Waals surface area contributed by atoms with Gasteiger partial charge in [0, 0.05) is 12.7 Å². The van der Waals surface area contributed by atoms with Crippen molar-refractivity contribution in [2.24, 2.45) is 0 Å². The fourth-order valence-electron chi connectivity index (χ4n) is 2.85. The molecule has 0 aliphatic rings. The maximum absolute atomic E-state index is 12.3. The number of sulfone groups is 1. The number of benzene rings is 2. The van der Waals surface area contributed by atoms with Crippen LogP contribution in [-0.4, -0.2) is 20.6 Å². The molecule has 0 aliphatic heterocycles. The third-order valence-corrected chi connectivity index (χ3v) is 5.79. The first-order valence-corrected chi connectivity index (χ1v) is 10.8. The highest BCUT2D eigenvalue weighted by atomic mass is 32.2. The zero-order valence-electron chi connectivity index (χ0n) is 15.9. The van der Waals surface area contributed by atoms with Crippen LogP contribution >= 0.6 is 0 Å². The molecule has 0 bridgehead atoms. The number of amides is 1. The normalized spacial score (nSPS) is 12.6. The van der Waals surface area contributed by atoms with Gasteiger partial charge in [-0.2, -0.15) is 0 Å². The maximum atomic E-state index is 12.3. The van der Waals surface area contributed by atoms with Crippen molar-refractivity contribution in [3.05, 3.63) is 64.7 Å². The second kappa shape index (κ2) is 8.49. The third kappa shape index (κ3) is 5.43. The highest BCUT2D eigenvalue weighted by Gasteiger charge is 2.14. The van der Waals surface area contributed by atoms with Crippen molar-refractivity contribution in [2.45, 2.75) is 51.0 Å². The summed E-state index contributed by atoms with van der Waals surface area (Å²) in [5, 5.41) is 3.05. The topological polar surface area (TPSA) is 63.2 Å². The van der Waals surface area contributed by atoms with E-state index in [0.29, 0.717) is 12.8 Å². The van der Waals surface area contributed by atoms with Crippen molar-refractivity contribution in [2.75, 3.05) is 6.26 Å². The van der Waals surface area contributed by atoms with Gasteiger partial charge in [-0.3, -0.25) is 4.79 Å². The largest absolute Gasteiger partial charge is 0.349 e. The van der Waals surface area contributed by atoms with Crippen LogP contribution in [0.4, 0.5) is 0 Å². The fourth-order valence-corrected chi connectivity index (χ4v) is 3.48. The minimum atomic E-state index is -3.21. The number of carbonyl (C=O) groups is 1. The summed E-state index contributed by atoms with van der Waals surface area (Å²) in [6.45, 7) is 6.15. The van der Waals surface area contributed by atoms with Gasteiger partial charge in [0.05, 0.1) is 10.9 Å². The predicted octanol–water partition coefficient (Wildman–Crippen LogP) is 3.91. The van der Waals surface area contributed by atoms with E-state index in [9.17, 15) is 13.2 Å². The monoisotopic (exact) mass is 373 g/mol. The number of nitrogens with one attached hydrogen (secondary N) is 1. The van der Waals surface area contributed by atoms with Crippen LogP contribution in [0.1, 0.15) is 48.1 Å². The lowest BCUT2D eigenvalue weighted by Crippen LogP contribution is -2.28. The molecule has 1 atom stereocenters. The molecular weight excluding hydrogens is 346 g/mol. The Bertz CT molecular complexity index is 871. The molecule has 0 fully saturated rings. The average molecular weight is 374 g/mol. The van der Waals surface area contributed by atoms with Crippen LogP contribution in [0.25, 0.3) is 0 Å². The summed E-state index contributed by atoms with van der Waals surface area (Å²) in [6.07, 6.45) is 3.07. The van der Waals surface area contributed by atoms with Crippen molar-refractivity contribution in [1.82, 2.24) is 5.32 Å². The van der Waals surface area contributed by atoms with Gasteiger partial charge in [0.1, 0.15) is 0 Å². The van der Waals surface area contributed by atoms with Gasteiger partial charge in [0.15, 0.2) is 9.84 Å². The molecule has 1 N–H and O–H groups in total. The number of rotatable bonds is 7. The van der Waals surface area contributed by atoms with Crippen LogP contribution < -0.4 is 5.32 Å². The molecule has 140 valence electrons. The average Bonchev–Trinajstić information content (AvgIpc) is 2.60. The zero-order valence-corrected chi connectivity index (χ0v) is 16.7. The van der Waals surface area contributed by atoms with E-state index in [1.807, 2.05) is 6.92 Å². The minimum Gasteiger partial charge on any atom is -0.349 e. The Labute approximate surface area is 156 Å². The molecule has 0 radical (unpaired) electrons. The van der Waals surface area contributed by atoms with Crippen LogP contribution in [-0.2, 0) is 21.1 Å². The lowest BCUT2D eigenvalue weighted by molar-refractivity contribution is -0.121. The lowest BCUT2D eigenvalue weighted by Gasteiger charge is -2.18. The van der Waals surface area contributed by atoms with Gasteiger partial charge >= 0.3 is 0 Å². The molecule has 0 heterocycles. The van der Waals surface area contributed by atoms with E-state index < -0.39 is 9.84 Å². The highest BCUT2D eigenvalue weighted by Crippen LogP contribution is 2.19. The molecule has 0 aromatic heterocycles. The highest BCUT2D eigenvalue weighted by molar-refractivity contribution is 7.90. The van der Waals surface area contributed by atoms with Crippen LogP contribution in [0, 0.1) is 13.8 Å². The number of hydrogen-bond donors (Lipinski definition) is 1. The summed E-state index contributed by atoms with van der Waals surface area (Å²) in [5.74, 6) is 0.00210. The molecule has 0 spiro atoms. The van der Waals surface area contributed by atoms with Gasteiger partial charge in [-0.25, -0.2) is 8.42 Å². The molecule has 0 aliphatic carbocycles. The van der Waals surface area contributed by atoms with E-state index in [0.717, 1.165) is 17.5 Å².